The molecule has 9 aromatic carbocycles. The number of benzene rings is 9. The highest BCUT2D eigenvalue weighted by Gasteiger charge is 2.37. The second-order valence-electron chi connectivity index (χ2n) is 17.7. The molecule has 12 rings (SSSR count). The predicted octanol–water partition coefficient (Wildman–Crippen LogP) is 15.7. The average Bonchev–Trinajstić information content (AvgIpc) is 3.73. The minimum atomic E-state index is -0.105. The number of hydrogen-bond donors (Lipinski definition) is 0. The summed E-state index contributed by atoms with van der Waals surface area (Å²) < 4.78 is 2.48. The fraction of sp³-hybridized carbons (Fsp3) is 0.103. The first-order valence-corrected chi connectivity index (χ1v) is 21.2. The highest BCUT2D eigenvalue weighted by Crippen LogP contribution is 2.54. The Morgan fingerprint density at radius 3 is 1.72 bits per heavy atom. The molecule has 1 heterocycles. The topological polar surface area (TPSA) is 8.17 Å². The Kier molecular flexibility index (Phi) is 7.36. The van der Waals surface area contributed by atoms with Crippen molar-refractivity contribution in [1.82, 2.24) is 4.57 Å². The average molecular weight is 769 g/mol. The van der Waals surface area contributed by atoms with Gasteiger partial charge in [-0.15, -0.1) is 0 Å². The van der Waals surface area contributed by atoms with Gasteiger partial charge in [0.05, 0.1) is 11.0 Å². The number of aromatic nitrogens is 1. The molecule has 0 amide bonds. The quantitative estimate of drug-likeness (QED) is 0.169. The monoisotopic (exact) mass is 768 g/mol. The molecule has 0 atom stereocenters. The van der Waals surface area contributed by atoms with Gasteiger partial charge in [-0.05, 0) is 122 Å². The number of para-hydroxylation sites is 1. The highest BCUT2D eigenvalue weighted by atomic mass is 15.1. The summed E-state index contributed by atoms with van der Waals surface area (Å²) in [5, 5.41) is 5.26. The molecule has 0 saturated carbocycles. The van der Waals surface area contributed by atoms with E-state index in [0.29, 0.717) is 0 Å². The Labute approximate surface area is 351 Å². The number of rotatable bonds is 5. The van der Waals surface area contributed by atoms with E-state index in [1.165, 1.54) is 88.2 Å². The molecular weight excluding hydrogens is 725 g/mol. The van der Waals surface area contributed by atoms with E-state index in [-0.39, 0.29) is 10.8 Å². The van der Waals surface area contributed by atoms with Crippen molar-refractivity contribution in [2.75, 3.05) is 4.90 Å². The van der Waals surface area contributed by atoms with E-state index in [9.17, 15) is 0 Å². The molecule has 2 nitrogen and oxygen atoms in total. The van der Waals surface area contributed by atoms with Gasteiger partial charge in [-0.1, -0.05) is 161 Å². The molecule has 0 bridgehead atoms. The third-order valence-electron chi connectivity index (χ3n) is 13.8. The molecule has 0 radical (unpaired) electrons. The smallest absolute Gasteiger partial charge is 0.0553 e. The van der Waals surface area contributed by atoms with Crippen molar-refractivity contribution in [2.24, 2.45) is 0 Å². The molecule has 0 unspecified atom stereocenters. The van der Waals surface area contributed by atoms with Crippen LogP contribution in [0.2, 0.25) is 0 Å². The number of hydrogen-bond acceptors (Lipinski definition) is 1. The molecular formula is C58H44N2. The van der Waals surface area contributed by atoms with Gasteiger partial charge < -0.3 is 9.47 Å². The van der Waals surface area contributed by atoms with E-state index in [2.05, 4.69) is 231 Å². The van der Waals surface area contributed by atoms with Crippen LogP contribution in [0.3, 0.4) is 0 Å². The van der Waals surface area contributed by atoms with E-state index < -0.39 is 0 Å². The minimum Gasteiger partial charge on any atom is -0.310 e. The van der Waals surface area contributed by atoms with E-state index in [0.717, 1.165) is 22.7 Å². The maximum atomic E-state index is 2.48. The van der Waals surface area contributed by atoms with Crippen molar-refractivity contribution in [3.8, 4) is 39.1 Å². The molecule has 0 spiro atoms. The summed E-state index contributed by atoms with van der Waals surface area (Å²) in [4.78, 5) is 2.42. The van der Waals surface area contributed by atoms with Gasteiger partial charge in [-0.2, -0.15) is 0 Å². The van der Waals surface area contributed by atoms with Crippen molar-refractivity contribution in [3.05, 3.63) is 216 Å². The van der Waals surface area contributed by atoms with Crippen LogP contribution in [0, 0.1) is 0 Å². The van der Waals surface area contributed by atoms with Crippen LogP contribution in [0.25, 0.3) is 71.6 Å². The number of nitrogens with zero attached hydrogens (tertiary/aromatic N) is 2. The fourth-order valence-corrected chi connectivity index (χ4v) is 10.8. The van der Waals surface area contributed by atoms with Crippen LogP contribution in [0.15, 0.2) is 194 Å². The highest BCUT2D eigenvalue weighted by molar-refractivity contribution is 6.24. The lowest BCUT2D eigenvalue weighted by Gasteiger charge is -2.35. The molecule has 0 saturated heterocycles. The van der Waals surface area contributed by atoms with Crippen molar-refractivity contribution in [2.45, 2.75) is 38.5 Å². The SMILES string of the molecule is CC1(C)c2ccccc2-c2ccc(N(c3ccc(-c4ccccc4)cc3)c3ccc(-n4c5ccccc5c5c6c7c(cccc7cc54)C(C)(C)c4ccccc4-6)cc3)cc21. The summed E-state index contributed by atoms with van der Waals surface area (Å²) in [6, 6.07) is 72.2. The summed E-state index contributed by atoms with van der Waals surface area (Å²) in [7, 11) is 0. The molecule has 2 aliphatic carbocycles. The first kappa shape index (κ1) is 34.8. The lowest BCUT2D eigenvalue weighted by molar-refractivity contribution is 0.645. The molecule has 60 heavy (non-hydrogen) atoms. The van der Waals surface area contributed by atoms with Gasteiger partial charge in [-0.3, -0.25) is 0 Å². The Bertz CT molecular complexity index is 3350. The molecule has 0 aliphatic heterocycles. The Balaban J connectivity index is 1.04. The lowest BCUT2D eigenvalue weighted by Crippen LogP contribution is -2.23. The predicted molar refractivity (Wildman–Crippen MR) is 254 cm³/mol. The van der Waals surface area contributed by atoms with Crippen molar-refractivity contribution in [3.63, 3.8) is 0 Å². The first-order valence-electron chi connectivity index (χ1n) is 21.2. The zero-order valence-corrected chi connectivity index (χ0v) is 34.4. The Morgan fingerprint density at radius 1 is 0.383 bits per heavy atom. The zero-order valence-electron chi connectivity index (χ0n) is 34.4. The molecule has 2 aliphatic rings. The normalized spacial score (nSPS) is 14.3. The lowest BCUT2D eigenvalue weighted by atomic mass is 9.68. The third-order valence-corrected chi connectivity index (χ3v) is 13.8. The second kappa shape index (κ2) is 12.7. The van der Waals surface area contributed by atoms with E-state index in [1.807, 2.05) is 0 Å². The summed E-state index contributed by atoms with van der Waals surface area (Å²) in [5.41, 5.74) is 20.1. The molecule has 286 valence electrons. The number of fused-ring (bicyclic) bond motifs is 9. The van der Waals surface area contributed by atoms with Crippen LogP contribution in [0.5, 0.6) is 0 Å². The molecule has 1 aromatic heterocycles. The van der Waals surface area contributed by atoms with E-state index in [1.54, 1.807) is 0 Å². The summed E-state index contributed by atoms with van der Waals surface area (Å²) >= 11 is 0. The summed E-state index contributed by atoms with van der Waals surface area (Å²) in [5.74, 6) is 0. The van der Waals surface area contributed by atoms with Gasteiger partial charge in [0, 0.05) is 49.9 Å². The third kappa shape index (κ3) is 4.88. The van der Waals surface area contributed by atoms with Crippen LogP contribution in [-0.4, -0.2) is 4.57 Å². The molecule has 0 N–H and O–H groups in total. The van der Waals surface area contributed by atoms with Crippen molar-refractivity contribution in [1.29, 1.82) is 0 Å². The second-order valence-corrected chi connectivity index (χ2v) is 17.7. The molecule has 2 heteroatoms. The van der Waals surface area contributed by atoms with Crippen LogP contribution in [0.4, 0.5) is 17.1 Å². The fourth-order valence-electron chi connectivity index (χ4n) is 10.8. The van der Waals surface area contributed by atoms with Crippen molar-refractivity contribution < 1.29 is 0 Å². The molecule has 0 fully saturated rings. The van der Waals surface area contributed by atoms with Crippen molar-refractivity contribution >= 4 is 49.6 Å². The first-order chi connectivity index (χ1) is 29.3. The largest absolute Gasteiger partial charge is 0.310 e. The Morgan fingerprint density at radius 2 is 0.950 bits per heavy atom. The van der Waals surface area contributed by atoms with Crippen LogP contribution in [0.1, 0.15) is 49.9 Å². The van der Waals surface area contributed by atoms with Gasteiger partial charge in [0.15, 0.2) is 0 Å². The maximum absolute atomic E-state index is 2.48. The van der Waals surface area contributed by atoms with Crippen LogP contribution >= 0.6 is 0 Å². The van der Waals surface area contributed by atoms with Gasteiger partial charge in [0.25, 0.3) is 0 Å². The van der Waals surface area contributed by atoms with Gasteiger partial charge in [-0.25, -0.2) is 0 Å². The zero-order chi connectivity index (χ0) is 40.3. The number of anilines is 3. The molecule has 10 aromatic rings. The Hall–Kier alpha value is -7.16. The van der Waals surface area contributed by atoms with Gasteiger partial charge >= 0.3 is 0 Å². The van der Waals surface area contributed by atoms with E-state index in [4.69, 9.17) is 0 Å². The standard InChI is InChI=1S/C58H44N2/c1-57(2)49-22-12-9-19-46(49)56-54-39(17-14-23-50(54)57)35-53-55(56)47-20-10-13-24-52(47)60(53)42-31-29-41(30-32-42)59(40-27-25-38(26-28-40)37-15-6-5-7-16-37)43-33-34-45-44-18-8-11-21-48(44)58(3,4)51(45)36-43/h5-36H,1-4H3. The van der Waals surface area contributed by atoms with Gasteiger partial charge in [0.1, 0.15) is 0 Å². The summed E-state index contributed by atoms with van der Waals surface area (Å²) in [6.07, 6.45) is 0. The van der Waals surface area contributed by atoms with Crippen LogP contribution in [-0.2, 0) is 10.8 Å². The maximum Gasteiger partial charge on any atom is 0.0553 e. The minimum absolute atomic E-state index is 0.0999. The van der Waals surface area contributed by atoms with Crippen LogP contribution < -0.4 is 4.90 Å². The van der Waals surface area contributed by atoms with E-state index >= 15 is 0 Å². The summed E-state index contributed by atoms with van der Waals surface area (Å²) in [6.45, 7) is 9.47. The van der Waals surface area contributed by atoms with Gasteiger partial charge in [0.2, 0.25) is 0 Å².